The van der Waals surface area contributed by atoms with Gasteiger partial charge in [-0.2, -0.15) is 0 Å². The van der Waals surface area contributed by atoms with Gasteiger partial charge in [0, 0.05) is 0 Å². The molecule has 0 N–H and O–H groups in total. The molecule has 0 heterocycles. The fourth-order valence-electron chi connectivity index (χ4n) is 1.34. The van der Waals surface area contributed by atoms with Gasteiger partial charge in [0.1, 0.15) is 11.6 Å². The number of ether oxygens (including phenoxy) is 1. The third-order valence-electron chi connectivity index (χ3n) is 2.19. The second kappa shape index (κ2) is 4.87. The highest BCUT2D eigenvalue weighted by atomic mass is 19.1. The minimum Gasteiger partial charge on any atom is -0.469 e. The molecule has 0 aromatic heterocycles. The van der Waals surface area contributed by atoms with Crippen molar-refractivity contribution >= 4 is 5.97 Å². The normalized spacial score (nSPS) is 12.3. The lowest BCUT2D eigenvalue weighted by atomic mass is 9.97. The number of esters is 1. The molecule has 0 amide bonds. The standard InChI is InChI=1S/C11H12F2O2/c1-7(5-11(14)15-2)9-6-8(12)3-4-10(9)13/h3-4,6-7H,5H2,1-2H3. The number of hydrogen-bond donors (Lipinski definition) is 0. The van der Waals surface area contributed by atoms with Crippen LogP contribution in [-0.2, 0) is 9.53 Å². The van der Waals surface area contributed by atoms with Crippen LogP contribution in [0.4, 0.5) is 8.78 Å². The smallest absolute Gasteiger partial charge is 0.306 e. The van der Waals surface area contributed by atoms with E-state index in [1.54, 1.807) is 6.92 Å². The van der Waals surface area contributed by atoms with E-state index in [4.69, 9.17) is 0 Å². The minimum absolute atomic E-state index is 0.0386. The maximum atomic E-state index is 13.3. The summed E-state index contributed by atoms with van der Waals surface area (Å²) in [6.07, 6.45) is 0.0386. The Morgan fingerprint density at radius 1 is 1.47 bits per heavy atom. The van der Waals surface area contributed by atoms with Crippen LogP contribution in [0.25, 0.3) is 0 Å². The summed E-state index contributed by atoms with van der Waals surface area (Å²) in [7, 11) is 1.26. The maximum absolute atomic E-state index is 13.3. The highest BCUT2D eigenvalue weighted by Crippen LogP contribution is 2.23. The zero-order chi connectivity index (χ0) is 11.4. The summed E-state index contributed by atoms with van der Waals surface area (Å²) < 4.78 is 30.6. The molecule has 1 unspecified atom stereocenters. The van der Waals surface area contributed by atoms with Gasteiger partial charge in [0.25, 0.3) is 0 Å². The molecule has 0 aliphatic carbocycles. The molecule has 0 radical (unpaired) electrons. The molecule has 0 spiro atoms. The Labute approximate surface area is 86.9 Å². The Kier molecular flexibility index (Phi) is 3.77. The van der Waals surface area contributed by atoms with Gasteiger partial charge in [-0.1, -0.05) is 6.92 Å². The van der Waals surface area contributed by atoms with Gasteiger partial charge in [-0.3, -0.25) is 4.79 Å². The van der Waals surface area contributed by atoms with Gasteiger partial charge < -0.3 is 4.74 Å². The van der Waals surface area contributed by atoms with E-state index in [2.05, 4.69) is 4.74 Å². The van der Waals surface area contributed by atoms with Crippen LogP contribution >= 0.6 is 0 Å². The number of methoxy groups -OCH3 is 1. The van der Waals surface area contributed by atoms with E-state index in [9.17, 15) is 13.6 Å². The van der Waals surface area contributed by atoms with Gasteiger partial charge in [0.15, 0.2) is 0 Å². The summed E-state index contributed by atoms with van der Waals surface area (Å²) in [6, 6.07) is 3.20. The molecule has 15 heavy (non-hydrogen) atoms. The molecular weight excluding hydrogens is 202 g/mol. The van der Waals surface area contributed by atoms with Crippen LogP contribution in [0.3, 0.4) is 0 Å². The molecule has 1 aromatic carbocycles. The van der Waals surface area contributed by atoms with Gasteiger partial charge in [-0.25, -0.2) is 8.78 Å². The quantitative estimate of drug-likeness (QED) is 0.723. The maximum Gasteiger partial charge on any atom is 0.306 e. The third-order valence-corrected chi connectivity index (χ3v) is 2.19. The number of carbonyl (C=O) groups is 1. The summed E-state index contributed by atoms with van der Waals surface area (Å²) in [6.45, 7) is 1.65. The predicted molar refractivity (Wildman–Crippen MR) is 51.4 cm³/mol. The Bertz CT molecular complexity index is 364. The van der Waals surface area contributed by atoms with Gasteiger partial charge in [0.05, 0.1) is 13.5 Å². The van der Waals surface area contributed by atoms with Crippen LogP contribution in [0.2, 0.25) is 0 Å². The fourth-order valence-corrected chi connectivity index (χ4v) is 1.34. The zero-order valence-corrected chi connectivity index (χ0v) is 8.59. The molecule has 1 aromatic rings. The van der Waals surface area contributed by atoms with Crippen LogP contribution in [0.5, 0.6) is 0 Å². The Morgan fingerprint density at radius 2 is 2.13 bits per heavy atom. The molecule has 0 aliphatic heterocycles. The van der Waals surface area contributed by atoms with Crippen molar-refractivity contribution in [1.82, 2.24) is 0 Å². The SMILES string of the molecule is COC(=O)CC(C)c1cc(F)ccc1F. The lowest BCUT2D eigenvalue weighted by Crippen LogP contribution is -2.07. The van der Waals surface area contributed by atoms with Crippen LogP contribution in [0.15, 0.2) is 18.2 Å². The largest absolute Gasteiger partial charge is 0.469 e. The van der Waals surface area contributed by atoms with E-state index < -0.39 is 23.5 Å². The zero-order valence-electron chi connectivity index (χ0n) is 8.59. The van der Waals surface area contributed by atoms with Crippen LogP contribution in [0, 0.1) is 11.6 Å². The van der Waals surface area contributed by atoms with Gasteiger partial charge >= 0.3 is 5.97 Å². The van der Waals surface area contributed by atoms with Crippen molar-refractivity contribution in [2.24, 2.45) is 0 Å². The molecular formula is C11H12F2O2. The molecule has 0 fully saturated rings. The molecule has 1 rings (SSSR count). The van der Waals surface area contributed by atoms with Crippen molar-refractivity contribution in [2.75, 3.05) is 7.11 Å². The van der Waals surface area contributed by atoms with Crippen molar-refractivity contribution in [3.8, 4) is 0 Å². The fraction of sp³-hybridized carbons (Fsp3) is 0.364. The number of benzene rings is 1. The van der Waals surface area contributed by atoms with E-state index >= 15 is 0 Å². The highest BCUT2D eigenvalue weighted by Gasteiger charge is 2.15. The lowest BCUT2D eigenvalue weighted by molar-refractivity contribution is -0.140. The Balaban J connectivity index is 2.85. The van der Waals surface area contributed by atoms with Crippen LogP contribution in [-0.4, -0.2) is 13.1 Å². The highest BCUT2D eigenvalue weighted by molar-refractivity contribution is 5.70. The van der Waals surface area contributed by atoms with Gasteiger partial charge in [0.2, 0.25) is 0 Å². The second-order valence-corrected chi connectivity index (χ2v) is 3.35. The van der Waals surface area contributed by atoms with Crippen molar-refractivity contribution in [2.45, 2.75) is 19.3 Å². The first-order chi connectivity index (χ1) is 7.04. The van der Waals surface area contributed by atoms with Gasteiger partial charge in [-0.15, -0.1) is 0 Å². The Morgan fingerprint density at radius 3 is 2.73 bits per heavy atom. The molecule has 0 saturated heterocycles. The van der Waals surface area contributed by atoms with E-state index in [0.29, 0.717) is 0 Å². The lowest BCUT2D eigenvalue weighted by Gasteiger charge is -2.11. The molecule has 0 aliphatic rings. The molecule has 1 atom stereocenters. The van der Waals surface area contributed by atoms with Gasteiger partial charge in [-0.05, 0) is 29.7 Å². The van der Waals surface area contributed by atoms with Crippen molar-refractivity contribution in [1.29, 1.82) is 0 Å². The predicted octanol–water partition coefficient (Wildman–Crippen LogP) is 2.63. The number of rotatable bonds is 3. The van der Waals surface area contributed by atoms with Crippen LogP contribution in [0.1, 0.15) is 24.8 Å². The summed E-state index contributed by atoms with van der Waals surface area (Å²) in [5.41, 5.74) is 0.195. The topological polar surface area (TPSA) is 26.3 Å². The number of halogens is 2. The number of carbonyl (C=O) groups excluding carboxylic acids is 1. The summed E-state index contributed by atoms with van der Waals surface area (Å²) in [4.78, 5) is 11.0. The van der Waals surface area contributed by atoms with E-state index in [1.807, 2.05) is 0 Å². The molecule has 82 valence electrons. The van der Waals surface area contributed by atoms with Crippen molar-refractivity contribution < 1.29 is 18.3 Å². The third kappa shape index (κ3) is 3.01. The Hall–Kier alpha value is -1.45. The molecule has 4 heteroatoms. The summed E-state index contributed by atoms with van der Waals surface area (Å²) in [5, 5.41) is 0. The number of hydrogen-bond acceptors (Lipinski definition) is 2. The van der Waals surface area contributed by atoms with E-state index in [-0.39, 0.29) is 12.0 Å². The average molecular weight is 214 g/mol. The molecule has 0 saturated carbocycles. The first kappa shape index (κ1) is 11.6. The summed E-state index contributed by atoms with van der Waals surface area (Å²) in [5.74, 6) is -1.85. The van der Waals surface area contributed by atoms with E-state index in [1.165, 1.54) is 7.11 Å². The minimum atomic E-state index is -0.511. The van der Waals surface area contributed by atoms with Crippen molar-refractivity contribution in [3.63, 3.8) is 0 Å². The van der Waals surface area contributed by atoms with E-state index in [0.717, 1.165) is 18.2 Å². The van der Waals surface area contributed by atoms with Crippen molar-refractivity contribution in [3.05, 3.63) is 35.4 Å². The monoisotopic (exact) mass is 214 g/mol. The average Bonchev–Trinajstić information content (AvgIpc) is 2.21. The first-order valence-corrected chi connectivity index (χ1v) is 4.56. The first-order valence-electron chi connectivity index (χ1n) is 4.56. The second-order valence-electron chi connectivity index (χ2n) is 3.35. The molecule has 0 bridgehead atoms. The summed E-state index contributed by atoms with van der Waals surface area (Å²) >= 11 is 0. The molecule has 2 nitrogen and oxygen atoms in total. The van der Waals surface area contributed by atoms with Crippen LogP contribution < -0.4 is 0 Å².